The fourth-order valence-electron chi connectivity index (χ4n) is 2.88. The Hall–Kier alpha value is -0.700. The van der Waals surface area contributed by atoms with Crippen molar-refractivity contribution in [2.24, 2.45) is 5.92 Å². The molecule has 1 aliphatic carbocycles. The molecule has 0 unspecified atom stereocenters. The average molecular weight is 311 g/mol. The predicted molar refractivity (Wildman–Crippen MR) is 82.8 cm³/mol. The van der Waals surface area contributed by atoms with Gasteiger partial charge in [0.15, 0.2) is 0 Å². The van der Waals surface area contributed by atoms with Crippen molar-refractivity contribution in [2.75, 3.05) is 11.1 Å². The minimum Gasteiger partial charge on any atom is -0.397 e. The lowest BCUT2D eigenvalue weighted by Crippen LogP contribution is -2.26. The Balaban J connectivity index is 1.89. The smallest absolute Gasteiger partial charge is 0.0587 e. The Bertz CT molecular complexity index is 384. The number of nitrogens with one attached hydrogen (secondary N) is 1. The van der Waals surface area contributed by atoms with Gasteiger partial charge in [0.05, 0.1) is 11.4 Å². The summed E-state index contributed by atoms with van der Waals surface area (Å²) in [6.07, 6.45) is 7.99. The lowest BCUT2D eigenvalue weighted by atomic mass is 9.83. The molecule has 1 aliphatic rings. The molecule has 1 aromatic carbocycles. The van der Waals surface area contributed by atoms with E-state index in [-0.39, 0.29) is 0 Å². The molecule has 0 heterocycles. The Kier molecular flexibility index (Phi) is 4.93. The highest BCUT2D eigenvalue weighted by molar-refractivity contribution is 9.10. The Morgan fingerprint density at radius 2 is 2.00 bits per heavy atom. The molecule has 0 radical (unpaired) electrons. The summed E-state index contributed by atoms with van der Waals surface area (Å²) in [6.45, 7) is 2.28. The summed E-state index contributed by atoms with van der Waals surface area (Å²) in [5, 5.41) is 3.60. The van der Waals surface area contributed by atoms with Crippen LogP contribution < -0.4 is 11.1 Å². The maximum atomic E-state index is 6.00. The summed E-state index contributed by atoms with van der Waals surface area (Å²) in [5.41, 5.74) is 7.91. The van der Waals surface area contributed by atoms with Crippen LogP contribution in [0.25, 0.3) is 0 Å². The van der Waals surface area contributed by atoms with Crippen molar-refractivity contribution in [1.29, 1.82) is 0 Å². The third kappa shape index (κ3) is 3.64. The van der Waals surface area contributed by atoms with Crippen molar-refractivity contribution < 1.29 is 0 Å². The van der Waals surface area contributed by atoms with Gasteiger partial charge < -0.3 is 11.1 Å². The van der Waals surface area contributed by atoms with Crippen molar-refractivity contribution in [1.82, 2.24) is 0 Å². The molecule has 0 saturated heterocycles. The molecule has 1 fully saturated rings. The van der Waals surface area contributed by atoms with Crippen LogP contribution in [0.3, 0.4) is 0 Å². The summed E-state index contributed by atoms with van der Waals surface area (Å²) in [6, 6.07) is 6.61. The SMILES string of the molecule is CCCC1CCC(Nc2cc(Br)ccc2N)CC1. The van der Waals surface area contributed by atoms with E-state index in [4.69, 9.17) is 5.73 Å². The first-order chi connectivity index (χ1) is 8.69. The molecule has 3 heteroatoms. The molecule has 1 aromatic rings. The van der Waals surface area contributed by atoms with E-state index in [0.717, 1.165) is 21.8 Å². The van der Waals surface area contributed by atoms with Gasteiger partial charge in [0, 0.05) is 10.5 Å². The van der Waals surface area contributed by atoms with Crippen LogP contribution in [-0.4, -0.2) is 6.04 Å². The van der Waals surface area contributed by atoms with Gasteiger partial charge in [0.2, 0.25) is 0 Å². The van der Waals surface area contributed by atoms with Crippen LogP contribution >= 0.6 is 15.9 Å². The van der Waals surface area contributed by atoms with Crippen LogP contribution in [0.5, 0.6) is 0 Å². The van der Waals surface area contributed by atoms with E-state index in [0.29, 0.717) is 6.04 Å². The third-order valence-electron chi connectivity index (χ3n) is 3.92. The second kappa shape index (κ2) is 6.46. The number of nitrogens with two attached hydrogens (primary N) is 1. The van der Waals surface area contributed by atoms with Gasteiger partial charge in [-0.3, -0.25) is 0 Å². The number of rotatable bonds is 4. The van der Waals surface area contributed by atoms with E-state index in [1.54, 1.807) is 0 Å². The molecule has 0 amide bonds. The van der Waals surface area contributed by atoms with E-state index in [2.05, 4.69) is 34.2 Å². The molecule has 100 valence electrons. The van der Waals surface area contributed by atoms with Crippen molar-refractivity contribution in [2.45, 2.75) is 51.5 Å². The Morgan fingerprint density at radius 1 is 1.28 bits per heavy atom. The number of hydrogen-bond donors (Lipinski definition) is 2. The zero-order chi connectivity index (χ0) is 13.0. The second-order valence-electron chi connectivity index (χ2n) is 5.38. The molecular formula is C15H23BrN2. The molecule has 0 aliphatic heterocycles. The Labute approximate surface area is 118 Å². The Morgan fingerprint density at radius 3 is 2.67 bits per heavy atom. The van der Waals surface area contributed by atoms with Gasteiger partial charge in [-0.15, -0.1) is 0 Å². The summed E-state index contributed by atoms with van der Waals surface area (Å²) in [7, 11) is 0. The van der Waals surface area contributed by atoms with Gasteiger partial charge in [0.25, 0.3) is 0 Å². The number of nitrogen functional groups attached to an aromatic ring is 1. The molecule has 2 rings (SSSR count). The van der Waals surface area contributed by atoms with Crippen LogP contribution in [-0.2, 0) is 0 Å². The van der Waals surface area contributed by atoms with E-state index in [1.807, 2.05) is 12.1 Å². The second-order valence-corrected chi connectivity index (χ2v) is 6.30. The molecule has 18 heavy (non-hydrogen) atoms. The number of benzene rings is 1. The number of halogens is 1. The molecule has 0 aromatic heterocycles. The average Bonchev–Trinajstić information content (AvgIpc) is 2.37. The summed E-state index contributed by atoms with van der Waals surface area (Å²) >= 11 is 3.50. The standard InChI is InChI=1S/C15H23BrN2/c1-2-3-11-4-7-13(8-5-11)18-15-10-12(16)6-9-14(15)17/h6,9-11,13,18H,2-5,7-8,17H2,1H3. The van der Waals surface area contributed by atoms with Gasteiger partial charge in [-0.1, -0.05) is 35.7 Å². The molecule has 0 bridgehead atoms. The van der Waals surface area contributed by atoms with Crippen LogP contribution in [0.2, 0.25) is 0 Å². The zero-order valence-corrected chi connectivity index (χ0v) is 12.7. The molecule has 0 spiro atoms. The third-order valence-corrected chi connectivity index (χ3v) is 4.41. The van der Waals surface area contributed by atoms with Crippen molar-refractivity contribution >= 4 is 27.3 Å². The van der Waals surface area contributed by atoms with Gasteiger partial charge in [-0.05, 0) is 49.8 Å². The highest BCUT2D eigenvalue weighted by Gasteiger charge is 2.20. The van der Waals surface area contributed by atoms with Crippen LogP contribution in [0, 0.1) is 5.92 Å². The minimum atomic E-state index is 0.592. The summed E-state index contributed by atoms with van der Waals surface area (Å²) in [5.74, 6) is 0.952. The topological polar surface area (TPSA) is 38.0 Å². The molecule has 1 saturated carbocycles. The molecular weight excluding hydrogens is 288 g/mol. The molecule has 0 atom stereocenters. The van der Waals surface area contributed by atoms with Crippen molar-refractivity contribution in [3.63, 3.8) is 0 Å². The van der Waals surface area contributed by atoms with Crippen molar-refractivity contribution in [3.05, 3.63) is 22.7 Å². The van der Waals surface area contributed by atoms with Gasteiger partial charge in [0.1, 0.15) is 0 Å². The monoisotopic (exact) mass is 310 g/mol. The highest BCUT2D eigenvalue weighted by Crippen LogP contribution is 2.31. The first-order valence-electron chi connectivity index (χ1n) is 7.00. The van der Waals surface area contributed by atoms with Crippen LogP contribution in [0.4, 0.5) is 11.4 Å². The maximum absolute atomic E-state index is 6.00. The van der Waals surface area contributed by atoms with E-state index < -0.39 is 0 Å². The lowest BCUT2D eigenvalue weighted by molar-refractivity contribution is 0.319. The first kappa shape index (κ1) is 13.7. The van der Waals surface area contributed by atoms with E-state index in [9.17, 15) is 0 Å². The predicted octanol–water partition coefficient (Wildman–Crippen LogP) is 4.80. The van der Waals surface area contributed by atoms with Gasteiger partial charge >= 0.3 is 0 Å². The fraction of sp³-hybridized carbons (Fsp3) is 0.600. The zero-order valence-electron chi connectivity index (χ0n) is 11.1. The normalized spacial score (nSPS) is 23.9. The quantitative estimate of drug-likeness (QED) is 0.784. The van der Waals surface area contributed by atoms with Crippen LogP contribution in [0.1, 0.15) is 45.4 Å². The molecule has 3 N–H and O–H groups in total. The van der Waals surface area contributed by atoms with Gasteiger partial charge in [-0.25, -0.2) is 0 Å². The van der Waals surface area contributed by atoms with Crippen molar-refractivity contribution in [3.8, 4) is 0 Å². The number of anilines is 2. The summed E-state index contributed by atoms with van der Waals surface area (Å²) in [4.78, 5) is 0. The molecule has 2 nitrogen and oxygen atoms in total. The van der Waals surface area contributed by atoms with E-state index in [1.165, 1.54) is 38.5 Å². The minimum absolute atomic E-state index is 0.592. The maximum Gasteiger partial charge on any atom is 0.0587 e. The van der Waals surface area contributed by atoms with E-state index >= 15 is 0 Å². The fourth-order valence-corrected chi connectivity index (χ4v) is 3.24. The largest absolute Gasteiger partial charge is 0.397 e. The lowest BCUT2D eigenvalue weighted by Gasteiger charge is -2.30. The highest BCUT2D eigenvalue weighted by atomic mass is 79.9. The van der Waals surface area contributed by atoms with Crippen LogP contribution in [0.15, 0.2) is 22.7 Å². The first-order valence-corrected chi connectivity index (χ1v) is 7.80. The number of hydrogen-bond acceptors (Lipinski definition) is 2. The summed E-state index contributed by atoms with van der Waals surface area (Å²) < 4.78 is 1.08. The van der Waals surface area contributed by atoms with Gasteiger partial charge in [-0.2, -0.15) is 0 Å².